The van der Waals surface area contributed by atoms with Crippen LogP contribution in [0.5, 0.6) is 0 Å². The number of nitrogens with zero attached hydrogens (tertiary/aromatic N) is 1. The van der Waals surface area contributed by atoms with Gasteiger partial charge < -0.3 is 18.8 Å². The normalized spacial score (nSPS) is 30.1. The van der Waals surface area contributed by atoms with Gasteiger partial charge in [-0.3, -0.25) is 4.79 Å². The van der Waals surface area contributed by atoms with Crippen molar-refractivity contribution < 1.29 is 18.7 Å². The highest BCUT2D eigenvalue weighted by atomic mass is 16.6. The topological polar surface area (TPSA) is 51.9 Å². The predicted octanol–water partition coefficient (Wildman–Crippen LogP) is 1.62. The van der Waals surface area contributed by atoms with Crippen LogP contribution in [-0.2, 0) is 20.7 Å². The van der Waals surface area contributed by atoms with Crippen molar-refractivity contribution in [2.24, 2.45) is 0 Å². The standard InChI is InChI=1S/C15H21NO4/c1-18-13-9-15(20-10-13)5-3-6-16(11-15)14(17)8-12-4-2-7-19-12/h2,4,7,13H,3,5-6,8-11H2,1H3/t13-,15+/m1/s1. The van der Waals surface area contributed by atoms with Crippen molar-refractivity contribution in [3.8, 4) is 0 Å². The number of carbonyl (C=O) groups is 1. The Morgan fingerprint density at radius 1 is 1.60 bits per heavy atom. The number of ether oxygens (including phenoxy) is 2. The number of hydrogen-bond acceptors (Lipinski definition) is 4. The summed E-state index contributed by atoms with van der Waals surface area (Å²) in [5.41, 5.74) is -0.197. The molecular weight excluding hydrogens is 258 g/mol. The van der Waals surface area contributed by atoms with E-state index in [-0.39, 0.29) is 17.6 Å². The van der Waals surface area contributed by atoms with Gasteiger partial charge in [-0.05, 0) is 25.0 Å². The van der Waals surface area contributed by atoms with Gasteiger partial charge in [0.1, 0.15) is 5.76 Å². The van der Waals surface area contributed by atoms with E-state index in [0.717, 1.165) is 31.6 Å². The van der Waals surface area contributed by atoms with E-state index in [9.17, 15) is 4.79 Å². The fraction of sp³-hybridized carbons (Fsp3) is 0.667. The highest BCUT2D eigenvalue weighted by Gasteiger charge is 2.44. The van der Waals surface area contributed by atoms with E-state index in [4.69, 9.17) is 13.9 Å². The molecule has 110 valence electrons. The Labute approximate surface area is 118 Å². The fourth-order valence-electron chi connectivity index (χ4n) is 3.22. The summed E-state index contributed by atoms with van der Waals surface area (Å²) in [6.07, 6.45) is 4.97. The highest BCUT2D eigenvalue weighted by Crippen LogP contribution is 2.35. The van der Waals surface area contributed by atoms with E-state index in [1.54, 1.807) is 13.4 Å². The maximum atomic E-state index is 12.3. The zero-order chi connectivity index (χ0) is 14.0. The molecule has 5 nitrogen and oxygen atoms in total. The molecule has 1 aromatic heterocycles. The molecule has 0 aliphatic carbocycles. The number of hydrogen-bond donors (Lipinski definition) is 0. The molecule has 0 bridgehead atoms. The number of carbonyl (C=O) groups excluding carboxylic acids is 1. The zero-order valence-corrected chi connectivity index (χ0v) is 11.8. The Morgan fingerprint density at radius 3 is 3.20 bits per heavy atom. The molecule has 20 heavy (non-hydrogen) atoms. The number of likely N-dealkylation sites (tertiary alicyclic amines) is 1. The summed E-state index contributed by atoms with van der Waals surface area (Å²) in [4.78, 5) is 14.2. The number of furan rings is 1. The first-order valence-electron chi connectivity index (χ1n) is 7.18. The zero-order valence-electron chi connectivity index (χ0n) is 11.8. The Kier molecular flexibility index (Phi) is 3.81. The summed E-state index contributed by atoms with van der Waals surface area (Å²) >= 11 is 0. The van der Waals surface area contributed by atoms with E-state index in [1.807, 2.05) is 17.0 Å². The lowest BCUT2D eigenvalue weighted by molar-refractivity contribution is -0.138. The summed E-state index contributed by atoms with van der Waals surface area (Å²) in [6.45, 7) is 2.12. The van der Waals surface area contributed by atoms with E-state index in [1.165, 1.54) is 0 Å². The van der Waals surface area contributed by atoms with Crippen LogP contribution in [0.15, 0.2) is 22.8 Å². The molecule has 1 spiro atoms. The molecule has 1 amide bonds. The number of rotatable bonds is 3. The maximum absolute atomic E-state index is 12.3. The van der Waals surface area contributed by atoms with Crippen LogP contribution in [-0.4, -0.2) is 49.3 Å². The summed E-state index contributed by atoms with van der Waals surface area (Å²) in [6, 6.07) is 3.65. The third-order valence-electron chi connectivity index (χ3n) is 4.31. The summed E-state index contributed by atoms with van der Waals surface area (Å²) < 4.78 is 16.6. The molecule has 2 aliphatic rings. The lowest BCUT2D eigenvalue weighted by atomic mass is 9.89. The minimum absolute atomic E-state index is 0.114. The highest BCUT2D eigenvalue weighted by molar-refractivity contribution is 5.78. The first-order valence-corrected chi connectivity index (χ1v) is 7.18. The molecule has 0 saturated carbocycles. The molecule has 1 aromatic rings. The molecule has 5 heteroatoms. The molecule has 2 fully saturated rings. The summed E-state index contributed by atoms with van der Waals surface area (Å²) in [5, 5.41) is 0. The molecule has 0 radical (unpaired) electrons. The predicted molar refractivity (Wildman–Crippen MR) is 72.3 cm³/mol. The monoisotopic (exact) mass is 279 g/mol. The Balaban J connectivity index is 1.62. The van der Waals surface area contributed by atoms with E-state index < -0.39 is 0 Å². The van der Waals surface area contributed by atoms with Crippen molar-refractivity contribution in [1.82, 2.24) is 4.90 Å². The smallest absolute Gasteiger partial charge is 0.230 e. The van der Waals surface area contributed by atoms with E-state index >= 15 is 0 Å². The van der Waals surface area contributed by atoms with Gasteiger partial charge in [-0.2, -0.15) is 0 Å². The lowest BCUT2D eigenvalue weighted by Gasteiger charge is -2.39. The minimum atomic E-state index is -0.197. The molecule has 3 rings (SSSR count). The molecular formula is C15H21NO4. The molecule has 0 unspecified atom stereocenters. The van der Waals surface area contributed by atoms with Gasteiger partial charge in [0.15, 0.2) is 0 Å². The van der Waals surface area contributed by atoms with Crippen LogP contribution >= 0.6 is 0 Å². The molecule has 3 heterocycles. The maximum Gasteiger partial charge on any atom is 0.230 e. The molecule has 2 saturated heterocycles. The van der Waals surface area contributed by atoms with E-state index in [2.05, 4.69) is 0 Å². The van der Waals surface area contributed by atoms with Crippen LogP contribution in [0.25, 0.3) is 0 Å². The van der Waals surface area contributed by atoms with Gasteiger partial charge in [-0.1, -0.05) is 0 Å². The van der Waals surface area contributed by atoms with Crippen molar-refractivity contribution in [2.45, 2.75) is 37.4 Å². The van der Waals surface area contributed by atoms with Crippen LogP contribution in [0.4, 0.5) is 0 Å². The third kappa shape index (κ3) is 2.74. The first kappa shape index (κ1) is 13.6. The van der Waals surface area contributed by atoms with Gasteiger partial charge in [-0.25, -0.2) is 0 Å². The molecule has 2 aliphatic heterocycles. The number of amides is 1. The average molecular weight is 279 g/mol. The first-order chi connectivity index (χ1) is 9.71. The van der Waals surface area contributed by atoms with Crippen LogP contribution in [0.2, 0.25) is 0 Å². The van der Waals surface area contributed by atoms with Gasteiger partial charge in [0, 0.05) is 26.6 Å². The summed E-state index contributed by atoms with van der Waals surface area (Å²) in [5.74, 6) is 0.834. The number of piperidine rings is 1. The minimum Gasteiger partial charge on any atom is -0.469 e. The number of methoxy groups -OCH3 is 1. The lowest BCUT2D eigenvalue weighted by Crippen LogP contribution is -2.50. The average Bonchev–Trinajstić information content (AvgIpc) is 3.09. The molecule has 0 aromatic carbocycles. The van der Waals surface area contributed by atoms with Crippen LogP contribution in [0, 0.1) is 0 Å². The van der Waals surface area contributed by atoms with Gasteiger partial charge in [0.05, 0.1) is 31.0 Å². The second-order valence-corrected chi connectivity index (χ2v) is 5.73. The van der Waals surface area contributed by atoms with Gasteiger partial charge in [-0.15, -0.1) is 0 Å². The third-order valence-corrected chi connectivity index (χ3v) is 4.31. The second kappa shape index (κ2) is 5.58. The fourth-order valence-corrected chi connectivity index (χ4v) is 3.22. The van der Waals surface area contributed by atoms with Crippen LogP contribution in [0.3, 0.4) is 0 Å². The SMILES string of the molecule is CO[C@H]1CO[C@@]2(CCCN(C(=O)Cc3ccco3)C2)C1. The van der Waals surface area contributed by atoms with E-state index in [0.29, 0.717) is 19.6 Å². The second-order valence-electron chi connectivity index (χ2n) is 5.73. The Bertz CT molecular complexity index is 458. The van der Waals surface area contributed by atoms with Crippen molar-refractivity contribution in [2.75, 3.05) is 26.8 Å². The summed E-state index contributed by atoms with van der Waals surface area (Å²) in [7, 11) is 1.72. The van der Waals surface area contributed by atoms with Crippen LogP contribution < -0.4 is 0 Å². The van der Waals surface area contributed by atoms with Gasteiger partial charge >= 0.3 is 0 Å². The largest absolute Gasteiger partial charge is 0.469 e. The Morgan fingerprint density at radius 2 is 2.50 bits per heavy atom. The molecule has 2 atom stereocenters. The van der Waals surface area contributed by atoms with Crippen LogP contribution in [0.1, 0.15) is 25.0 Å². The van der Waals surface area contributed by atoms with Crippen molar-refractivity contribution in [3.63, 3.8) is 0 Å². The van der Waals surface area contributed by atoms with Gasteiger partial charge in [0.2, 0.25) is 5.91 Å². The Hall–Kier alpha value is -1.33. The van der Waals surface area contributed by atoms with Crippen molar-refractivity contribution in [3.05, 3.63) is 24.2 Å². The van der Waals surface area contributed by atoms with Gasteiger partial charge in [0.25, 0.3) is 0 Å². The molecule has 0 N–H and O–H groups in total. The van der Waals surface area contributed by atoms with Crippen molar-refractivity contribution >= 4 is 5.91 Å². The van der Waals surface area contributed by atoms with Crippen molar-refractivity contribution in [1.29, 1.82) is 0 Å². The quantitative estimate of drug-likeness (QED) is 0.843.